The lowest BCUT2D eigenvalue weighted by Crippen LogP contribution is -2.52. The molecule has 0 spiro atoms. The van der Waals surface area contributed by atoms with E-state index in [1.54, 1.807) is 6.26 Å². The molecule has 0 amide bonds. The van der Waals surface area contributed by atoms with Crippen molar-refractivity contribution in [3.05, 3.63) is 47.9 Å². The molecule has 0 saturated carbocycles. The Morgan fingerprint density at radius 2 is 1.94 bits per heavy atom. The number of benzene rings is 1. The first-order valence-corrected chi connectivity index (χ1v) is 10.0. The number of piperazine rings is 1. The van der Waals surface area contributed by atoms with Gasteiger partial charge in [-0.15, -0.1) is 13.2 Å². The Kier molecular flexibility index (Phi) is 7.75. The highest BCUT2D eigenvalue weighted by atomic mass is 19.4. The second-order valence-electron chi connectivity index (χ2n) is 7.08. The molecule has 0 aliphatic carbocycles. The van der Waals surface area contributed by atoms with Crippen molar-refractivity contribution in [2.45, 2.75) is 25.9 Å². The minimum atomic E-state index is -4.75. The summed E-state index contributed by atoms with van der Waals surface area (Å²) in [6.45, 7) is 6.66. The number of alkyl halides is 3. The number of guanidine groups is 1. The minimum absolute atomic E-state index is 0.0843. The molecule has 1 aliphatic heterocycles. The highest BCUT2D eigenvalue weighted by Gasteiger charge is 2.31. The van der Waals surface area contributed by atoms with Crippen LogP contribution in [0.2, 0.25) is 0 Å². The van der Waals surface area contributed by atoms with E-state index in [2.05, 4.69) is 30.0 Å². The fourth-order valence-corrected chi connectivity index (χ4v) is 3.26. The molecule has 0 radical (unpaired) electrons. The van der Waals surface area contributed by atoms with Crippen molar-refractivity contribution in [3.63, 3.8) is 0 Å². The van der Waals surface area contributed by atoms with Gasteiger partial charge in [0.15, 0.2) is 5.96 Å². The summed E-state index contributed by atoms with van der Waals surface area (Å²) in [4.78, 5) is 8.92. The summed E-state index contributed by atoms with van der Waals surface area (Å²) < 4.78 is 45.5. The standard InChI is InChI=1S/C20H26F3N5O3/c1-2-24-19(28-10-8-27(9-11-28)14-16-7-12-30-26-16)25-13-18(29)15-3-5-17(6-4-15)31-20(21,22)23/h3-7,12,18,29H,2,8-11,13-14H2,1H3,(H,24,25). The summed E-state index contributed by atoms with van der Waals surface area (Å²) in [6, 6.07) is 7.00. The van der Waals surface area contributed by atoms with Gasteiger partial charge in [0.2, 0.25) is 0 Å². The van der Waals surface area contributed by atoms with E-state index in [1.165, 1.54) is 24.3 Å². The number of aliphatic hydroxyl groups excluding tert-OH is 1. The van der Waals surface area contributed by atoms with Gasteiger partial charge in [-0.25, -0.2) is 0 Å². The van der Waals surface area contributed by atoms with Crippen LogP contribution in [0.15, 0.2) is 46.1 Å². The number of aromatic nitrogens is 1. The number of aliphatic imine (C=N–C) groups is 1. The molecule has 2 aromatic rings. The maximum absolute atomic E-state index is 12.3. The lowest BCUT2D eigenvalue weighted by atomic mass is 10.1. The van der Waals surface area contributed by atoms with Crippen LogP contribution in [0.4, 0.5) is 13.2 Å². The molecule has 1 saturated heterocycles. The lowest BCUT2D eigenvalue weighted by Gasteiger charge is -2.36. The highest BCUT2D eigenvalue weighted by Crippen LogP contribution is 2.24. The summed E-state index contributed by atoms with van der Waals surface area (Å²) in [5.41, 5.74) is 1.36. The molecule has 1 aromatic carbocycles. The summed E-state index contributed by atoms with van der Waals surface area (Å²) in [7, 11) is 0. The van der Waals surface area contributed by atoms with Crippen molar-refractivity contribution in [1.29, 1.82) is 0 Å². The fourth-order valence-electron chi connectivity index (χ4n) is 3.26. The van der Waals surface area contributed by atoms with Crippen molar-refractivity contribution in [1.82, 2.24) is 20.3 Å². The Bertz CT molecular complexity index is 820. The van der Waals surface area contributed by atoms with Crippen LogP contribution in [0, 0.1) is 0 Å². The highest BCUT2D eigenvalue weighted by molar-refractivity contribution is 5.80. The Hall–Kier alpha value is -2.79. The molecule has 1 aliphatic rings. The lowest BCUT2D eigenvalue weighted by molar-refractivity contribution is -0.274. The Balaban J connectivity index is 1.54. The molecule has 8 nitrogen and oxygen atoms in total. The van der Waals surface area contributed by atoms with Crippen LogP contribution < -0.4 is 10.1 Å². The molecule has 1 unspecified atom stereocenters. The van der Waals surface area contributed by atoms with E-state index in [9.17, 15) is 18.3 Å². The molecule has 31 heavy (non-hydrogen) atoms. The number of rotatable bonds is 7. The molecule has 2 N–H and O–H groups in total. The molecular formula is C20H26F3N5O3. The summed E-state index contributed by atoms with van der Waals surface area (Å²) in [5.74, 6) is 0.364. The summed E-state index contributed by atoms with van der Waals surface area (Å²) in [5, 5.41) is 17.6. The SMILES string of the molecule is CCNC(=NCC(O)c1ccc(OC(F)(F)F)cc1)N1CCN(Cc2ccon2)CC1. The predicted molar refractivity (Wildman–Crippen MR) is 107 cm³/mol. The van der Waals surface area contributed by atoms with Crippen LogP contribution in [0.25, 0.3) is 0 Å². The zero-order valence-corrected chi connectivity index (χ0v) is 17.2. The summed E-state index contributed by atoms with van der Waals surface area (Å²) in [6.07, 6.45) is -4.13. The smallest absolute Gasteiger partial charge is 0.406 e. The van der Waals surface area contributed by atoms with Crippen molar-refractivity contribution in [2.24, 2.45) is 4.99 Å². The van der Waals surface area contributed by atoms with Crippen LogP contribution in [0.5, 0.6) is 5.75 Å². The van der Waals surface area contributed by atoms with Gasteiger partial charge < -0.3 is 24.6 Å². The van der Waals surface area contributed by atoms with Gasteiger partial charge in [0, 0.05) is 45.3 Å². The van der Waals surface area contributed by atoms with E-state index in [-0.39, 0.29) is 12.3 Å². The molecule has 0 bridgehead atoms. The number of nitrogens with zero attached hydrogens (tertiary/aromatic N) is 4. The van der Waals surface area contributed by atoms with E-state index in [4.69, 9.17) is 4.52 Å². The van der Waals surface area contributed by atoms with E-state index in [1.807, 2.05) is 13.0 Å². The maximum atomic E-state index is 12.3. The second kappa shape index (κ2) is 10.5. The third kappa shape index (κ3) is 7.14. The van der Waals surface area contributed by atoms with E-state index < -0.39 is 12.5 Å². The van der Waals surface area contributed by atoms with Gasteiger partial charge in [-0.05, 0) is 24.6 Å². The normalized spacial score (nSPS) is 16.9. The van der Waals surface area contributed by atoms with Gasteiger partial charge in [0.05, 0.1) is 18.3 Å². The first-order valence-electron chi connectivity index (χ1n) is 10.0. The zero-order chi connectivity index (χ0) is 22.3. The van der Waals surface area contributed by atoms with Crippen LogP contribution in [0.3, 0.4) is 0 Å². The number of hydrogen-bond acceptors (Lipinski definition) is 6. The van der Waals surface area contributed by atoms with E-state index in [0.717, 1.165) is 38.4 Å². The first kappa shape index (κ1) is 22.9. The topological polar surface area (TPSA) is 86.4 Å². The number of ether oxygens (including phenoxy) is 1. The molecule has 1 aromatic heterocycles. The molecule has 11 heteroatoms. The van der Waals surface area contributed by atoms with Crippen LogP contribution in [0.1, 0.15) is 24.3 Å². The van der Waals surface area contributed by atoms with Gasteiger partial charge in [0.1, 0.15) is 12.0 Å². The average molecular weight is 441 g/mol. The molecule has 1 fully saturated rings. The van der Waals surface area contributed by atoms with Gasteiger partial charge in [0.25, 0.3) is 0 Å². The largest absolute Gasteiger partial charge is 0.573 e. The predicted octanol–water partition coefficient (Wildman–Crippen LogP) is 2.39. The Morgan fingerprint density at radius 3 is 2.52 bits per heavy atom. The Morgan fingerprint density at radius 1 is 1.23 bits per heavy atom. The minimum Gasteiger partial charge on any atom is -0.406 e. The van der Waals surface area contributed by atoms with Crippen LogP contribution in [-0.4, -0.2) is 71.7 Å². The van der Waals surface area contributed by atoms with Gasteiger partial charge >= 0.3 is 6.36 Å². The third-order valence-electron chi connectivity index (χ3n) is 4.80. The van der Waals surface area contributed by atoms with E-state index in [0.29, 0.717) is 18.1 Å². The molecule has 170 valence electrons. The zero-order valence-electron chi connectivity index (χ0n) is 17.2. The number of halogens is 3. The van der Waals surface area contributed by atoms with Gasteiger partial charge in [-0.1, -0.05) is 17.3 Å². The number of hydrogen-bond donors (Lipinski definition) is 2. The molecular weight excluding hydrogens is 415 g/mol. The quantitative estimate of drug-likeness (QED) is 0.504. The molecule has 3 rings (SSSR count). The third-order valence-corrected chi connectivity index (χ3v) is 4.80. The van der Waals surface area contributed by atoms with Crippen LogP contribution >= 0.6 is 0 Å². The van der Waals surface area contributed by atoms with Crippen molar-refractivity contribution >= 4 is 5.96 Å². The Labute approximate surface area is 178 Å². The molecule has 1 atom stereocenters. The van der Waals surface area contributed by atoms with Gasteiger partial charge in [-0.3, -0.25) is 9.89 Å². The van der Waals surface area contributed by atoms with E-state index >= 15 is 0 Å². The van der Waals surface area contributed by atoms with Crippen molar-refractivity contribution < 1.29 is 27.5 Å². The number of nitrogens with one attached hydrogen (secondary N) is 1. The number of aliphatic hydroxyl groups is 1. The molecule has 2 heterocycles. The summed E-state index contributed by atoms with van der Waals surface area (Å²) >= 11 is 0. The first-order chi connectivity index (χ1) is 14.8. The monoisotopic (exact) mass is 441 g/mol. The van der Waals surface area contributed by atoms with Gasteiger partial charge in [-0.2, -0.15) is 0 Å². The second-order valence-corrected chi connectivity index (χ2v) is 7.08. The average Bonchev–Trinajstić information content (AvgIpc) is 3.24. The van der Waals surface area contributed by atoms with Crippen LogP contribution in [-0.2, 0) is 6.54 Å². The van der Waals surface area contributed by atoms with Crippen molar-refractivity contribution in [2.75, 3.05) is 39.3 Å². The fraction of sp³-hybridized carbons (Fsp3) is 0.500. The van der Waals surface area contributed by atoms with Crippen molar-refractivity contribution in [3.8, 4) is 5.75 Å². The maximum Gasteiger partial charge on any atom is 0.573 e.